The lowest BCUT2D eigenvalue weighted by Gasteiger charge is -2.10. The predicted molar refractivity (Wildman–Crippen MR) is 100.0 cm³/mol. The molecule has 3 heteroatoms. The molecule has 1 atom stereocenters. The van der Waals surface area contributed by atoms with Crippen LogP contribution in [0.3, 0.4) is 0 Å². The minimum Gasteiger partial charge on any atom is -0.241 e. The lowest BCUT2D eigenvalue weighted by molar-refractivity contribution is 1.17. The highest BCUT2D eigenvalue weighted by molar-refractivity contribution is 8.15. The molecule has 0 radical (unpaired) electrons. The number of hydrogen-bond donors (Lipinski definition) is 0. The normalized spacial score (nSPS) is 18.1. The summed E-state index contributed by atoms with van der Waals surface area (Å²) in [5.41, 5.74) is 4.78. The Morgan fingerprint density at radius 3 is 2.26 bits per heavy atom. The van der Waals surface area contributed by atoms with E-state index in [1.54, 1.807) is 11.8 Å². The van der Waals surface area contributed by atoms with Gasteiger partial charge in [-0.3, -0.25) is 0 Å². The molecule has 0 bridgehead atoms. The van der Waals surface area contributed by atoms with Crippen molar-refractivity contribution in [1.29, 1.82) is 0 Å². The number of para-hydroxylation sites is 1. The molecule has 1 nitrogen and oxygen atoms in total. The van der Waals surface area contributed by atoms with E-state index in [4.69, 9.17) is 16.6 Å². The number of aliphatic imine (C=N–C) groups is 1. The van der Waals surface area contributed by atoms with E-state index in [-0.39, 0.29) is 5.25 Å². The lowest BCUT2D eigenvalue weighted by atomic mass is 10.0. The highest BCUT2D eigenvalue weighted by Crippen LogP contribution is 2.46. The van der Waals surface area contributed by atoms with E-state index in [1.807, 2.05) is 42.5 Å². The third-order valence-electron chi connectivity index (χ3n) is 3.86. The molecule has 1 heterocycles. The van der Waals surface area contributed by atoms with Crippen molar-refractivity contribution in [3.63, 3.8) is 0 Å². The van der Waals surface area contributed by atoms with Crippen molar-refractivity contribution >= 4 is 34.1 Å². The fourth-order valence-corrected chi connectivity index (χ4v) is 4.20. The van der Waals surface area contributed by atoms with Crippen LogP contribution in [0.25, 0.3) is 0 Å². The molecule has 0 spiro atoms. The Morgan fingerprint density at radius 2 is 1.48 bits per heavy atom. The van der Waals surface area contributed by atoms with Crippen molar-refractivity contribution in [1.82, 2.24) is 0 Å². The van der Waals surface area contributed by atoms with Gasteiger partial charge in [-0.25, -0.2) is 4.99 Å². The standard InChI is InChI=1S/C20H14ClNS/c21-15-12-10-14(11-13-15)19-17-8-4-5-9-18(17)20(23-19)22-16-6-2-1-3-7-16/h1-13,19H. The number of benzene rings is 3. The van der Waals surface area contributed by atoms with Gasteiger partial charge in [0.1, 0.15) is 5.04 Å². The zero-order valence-electron chi connectivity index (χ0n) is 12.3. The van der Waals surface area contributed by atoms with Crippen molar-refractivity contribution in [2.24, 2.45) is 4.99 Å². The summed E-state index contributed by atoms with van der Waals surface area (Å²) in [4.78, 5) is 4.85. The maximum Gasteiger partial charge on any atom is 0.105 e. The van der Waals surface area contributed by atoms with Crippen molar-refractivity contribution in [3.8, 4) is 0 Å². The van der Waals surface area contributed by atoms with Gasteiger partial charge in [-0.1, -0.05) is 78.0 Å². The van der Waals surface area contributed by atoms with Crippen LogP contribution in [0.2, 0.25) is 5.02 Å². The smallest absolute Gasteiger partial charge is 0.105 e. The SMILES string of the molecule is Clc1ccc(C2SC(=Nc3ccccc3)c3ccccc32)cc1. The van der Waals surface area contributed by atoms with Gasteiger partial charge in [0.25, 0.3) is 0 Å². The van der Waals surface area contributed by atoms with Crippen LogP contribution in [-0.2, 0) is 0 Å². The molecule has 3 aromatic rings. The Morgan fingerprint density at radius 1 is 0.783 bits per heavy atom. The van der Waals surface area contributed by atoms with Gasteiger partial charge in [0.15, 0.2) is 0 Å². The second-order valence-electron chi connectivity index (χ2n) is 5.39. The van der Waals surface area contributed by atoms with Gasteiger partial charge in [0.05, 0.1) is 10.9 Å². The van der Waals surface area contributed by atoms with Crippen LogP contribution in [0, 0.1) is 0 Å². The van der Waals surface area contributed by atoms with Gasteiger partial charge in [-0.15, -0.1) is 0 Å². The molecule has 0 aliphatic carbocycles. The van der Waals surface area contributed by atoms with E-state index >= 15 is 0 Å². The van der Waals surface area contributed by atoms with Gasteiger partial charge in [0.2, 0.25) is 0 Å². The van der Waals surface area contributed by atoms with Crippen LogP contribution in [0.15, 0.2) is 83.9 Å². The second kappa shape index (κ2) is 6.23. The summed E-state index contributed by atoms with van der Waals surface area (Å²) >= 11 is 7.82. The summed E-state index contributed by atoms with van der Waals surface area (Å²) < 4.78 is 0. The molecule has 1 unspecified atom stereocenters. The maximum absolute atomic E-state index is 6.02. The topological polar surface area (TPSA) is 12.4 Å². The first-order valence-corrected chi connectivity index (χ1v) is 8.72. The number of hydrogen-bond acceptors (Lipinski definition) is 2. The fourth-order valence-electron chi connectivity index (χ4n) is 2.75. The molecule has 0 fully saturated rings. The monoisotopic (exact) mass is 335 g/mol. The van der Waals surface area contributed by atoms with Gasteiger partial charge in [-0.05, 0) is 35.4 Å². The van der Waals surface area contributed by atoms with Crippen molar-refractivity contribution in [2.45, 2.75) is 5.25 Å². The first-order valence-electron chi connectivity index (χ1n) is 7.46. The molecule has 112 valence electrons. The van der Waals surface area contributed by atoms with E-state index in [1.165, 1.54) is 16.7 Å². The summed E-state index contributed by atoms with van der Waals surface area (Å²) in [5, 5.41) is 2.11. The van der Waals surface area contributed by atoms with Gasteiger partial charge >= 0.3 is 0 Å². The number of fused-ring (bicyclic) bond motifs is 1. The Kier molecular flexibility index (Phi) is 3.94. The molecular formula is C20H14ClNS. The summed E-state index contributed by atoms with van der Waals surface area (Å²) in [6.45, 7) is 0. The Hall–Kier alpha value is -2.03. The van der Waals surface area contributed by atoms with Gasteiger partial charge in [0, 0.05) is 10.6 Å². The quantitative estimate of drug-likeness (QED) is 0.538. The Bertz CT molecular complexity index is 856. The molecular weight excluding hydrogens is 322 g/mol. The van der Waals surface area contributed by atoms with Gasteiger partial charge in [-0.2, -0.15) is 0 Å². The lowest BCUT2D eigenvalue weighted by Crippen LogP contribution is -1.92. The minimum atomic E-state index is 0.269. The molecule has 0 saturated carbocycles. The molecule has 0 amide bonds. The maximum atomic E-state index is 6.02. The van der Waals surface area contributed by atoms with E-state index < -0.39 is 0 Å². The average molecular weight is 336 g/mol. The summed E-state index contributed by atoms with van der Waals surface area (Å²) in [6.07, 6.45) is 0. The Balaban J connectivity index is 1.78. The molecule has 23 heavy (non-hydrogen) atoms. The van der Waals surface area contributed by atoms with Crippen LogP contribution in [0.1, 0.15) is 21.9 Å². The van der Waals surface area contributed by atoms with E-state index in [9.17, 15) is 0 Å². The van der Waals surface area contributed by atoms with Crippen molar-refractivity contribution in [2.75, 3.05) is 0 Å². The Labute approximate surface area is 145 Å². The molecule has 1 aliphatic heterocycles. The first-order chi connectivity index (χ1) is 11.3. The van der Waals surface area contributed by atoms with Crippen LogP contribution < -0.4 is 0 Å². The predicted octanol–water partition coefficient (Wildman–Crippen LogP) is 6.25. The van der Waals surface area contributed by atoms with Crippen molar-refractivity contribution < 1.29 is 0 Å². The van der Waals surface area contributed by atoms with E-state index in [0.717, 1.165) is 15.8 Å². The zero-order chi connectivity index (χ0) is 15.6. The number of halogens is 1. The molecule has 0 aromatic heterocycles. The highest BCUT2D eigenvalue weighted by Gasteiger charge is 2.29. The summed E-state index contributed by atoms with van der Waals surface area (Å²) in [7, 11) is 0. The fraction of sp³-hybridized carbons (Fsp3) is 0.0500. The van der Waals surface area contributed by atoms with Crippen LogP contribution >= 0.6 is 23.4 Å². The first kappa shape index (κ1) is 14.6. The number of rotatable bonds is 2. The summed E-state index contributed by atoms with van der Waals surface area (Å²) in [5.74, 6) is 0. The molecule has 0 N–H and O–H groups in total. The summed E-state index contributed by atoms with van der Waals surface area (Å²) in [6, 6.07) is 26.7. The van der Waals surface area contributed by atoms with Crippen molar-refractivity contribution in [3.05, 3.63) is 101 Å². The van der Waals surface area contributed by atoms with Crippen LogP contribution in [0.4, 0.5) is 5.69 Å². The molecule has 1 aliphatic rings. The minimum absolute atomic E-state index is 0.269. The third kappa shape index (κ3) is 2.92. The van der Waals surface area contributed by atoms with E-state index in [0.29, 0.717) is 0 Å². The largest absolute Gasteiger partial charge is 0.241 e. The van der Waals surface area contributed by atoms with Crippen LogP contribution in [0.5, 0.6) is 0 Å². The number of thioether (sulfide) groups is 1. The molecule has 0 saturated heterocycles. The average Bonchev–Trinajstić information content (AvgIpc) is 2.95. The van der Waals surface area contributed by atoms with Gasteiger partial charge < -0.3 is 0 Å². The second-order valence-corrected chi connectivity index (χ2v) is 6.92. The molecule has 3 aromatic carbocycles. The zero-order valence-corrected chi connectivity index (χ0v) is 13.9. The number of nitrogens with zero attached hydrogens (tertiary/aromatic N) is 1. The van der Waals surface area contributed by atoms with Crippen LogP contribution in [-0.4, -0.2) is 5.04 Å². The van der Waals surface area contributed by atoms with E-state index in [2.05, 4.69) is 36.4 Å². The highest BCUT2D eigenvalue weighted by atomic mass is 35.5. The third-order valence-corrected chi connectivity index (χ3v) is 5.41. The molecule has 4 rings (SSSR count).